The number of allylic oxidation sites excluding steroid dienone is 4. The normalized spacial score (nSPS) is 28.6. The van der Waals surface area contributed by atoms with Gasteiger partial charge in [0, 0.05) is 22.1 Å². The number of aryl methyl sites for hydroxylation is 1. The Labute approximate surface area is 225 Å². The highest BCUT2D eigenvalue weighted by Crippen LogP contribution is 2.66. The predicted molar refractivity (Wildman–Crippen MR) is 149 cm³/mol. The van der Waals surface area contributed by atoms with Gasteiger partial charge < -0.3 is 0 Å². The van der Waals surface area contributed by atoms with Gasteiger partial charge in [0.2, 0.25) is 0 Å². The highest BCUT2D eigenvalue weighted by atomic mass is 16.2. The van der Waals surface area contributed by atoms with Crippen molar-refractivity contribution in [2.45, 2.75) is 74.7 Å². The van der Waals surface area contributed by atoms with Gasteiger partial charge in [-0.25, -0.2) is 0 Å². The topological polar surface area (TPSA) is 68.3 Å². The third-order valence-corrected chi connectivity index (χ3v) is 9.95. The summed E-state index contributed by atoms with van der Waals surface area (Å²) >= 11 is 0. The fourth-order valence-corrected chi connectivity index (χ4v) is 8.09. The Morgan fingerprint density at radius 1 is 0.868 bits per heavy atom. The van der Waals surface area contributed by atoms with Crippen LogP contribution >= 0.6 is 0 Å². The number of carbonyl (C=O) groups excluding carboxylic acids is 4. The quantitative estimate of drug-likeness (QED) is 0.324. The van der Waals surface area contributed by atoms with Crippen LogP contribution in [-0.4, -0.2) is 23.1 Å². The molecule has 4 heteroatoms. The Morgan fingerprint density at radius 2 is 1.55 bits per heavy atom. The molecule has 2 aromatic rings. The van der Waals surface area contributed by atoms with Crippen molar-refractivity contribution in [1.82, 2.24) is 0 Å². The van der Waals surface area contributed by atoms with Crippen LogP contribution in [0.25, 0.3) is 11.1 Å². The predicted octanol–water partition coefficient (Wildman–Crippen LogP) is 7.22. The molecule has 0 saturated heterocycles. The van der Waals surface area contributed by atoms with Crippen LogP contribution in [0.1, 0.15) is 93.2 Å². The maximum Gasteiger partial charge on any atom is 0.190 e. The molecule has 3 atom stereocenters. The van der Waals surface area contributed by atoms with Gasteiger partial charge in [0.05, 0.1) is 11.0 Å². The minimum absolute atomic E-state index is 0.00604. The van der Waals surface area contributed by atoms with Crippen LogP contribution in [0.2, 0.25) is 0 Å². The monoisotopic (exact) mass is 508 g/mol. The molecule has 38 heavy (non-hydrogen) atoms. The molecule has 0 heterocycles. The number of hydrogen-bond acceptors (Lipinski definition) is 4. The minimum Gasteiger partial charge on any atom is -0.295 e. The van der Waals surface area contributed by atoms with Crippen LogP contribution in [0.15, 0.2) is 58.7 Å². The number of ketones is 4. The summed E-state index contributed by atoms with van der Waals surface area (Å²) in [4.78, 5) is 53.1. The fraction of sp³-hybridized carbons (Fsp3) is 0.412. The lowest BCUT2D eigenvalue weighted by molar-refractivity contribution is -0.134. The van der Waals surface area contributed by atoms with E-state index in [0.717, 1.165) is 39.0 Å². The molecule has 0 spiro atoms. The molecule has 4 nitrogen and oxygen atoms in total. The van der Waals surface area contributed by atoms with Gasteiger partial charge in [-0.15, -0.1) is 0 Å². The lowest BCUT2D eigenvalue weighted by Gasteiger charge is -2.59. The molecule has 196 valence electrons. The zero-order chi connectivity index (χ0) is 27.9. The van der Waals surface area contributed by atoms with Crippen molar-refractivity contribution >= 4 is 23.1 Å². The Hall–Kier alpha value is -3.40. The summed E-state index contributed by atoms with van der Waals surface area (Å²) in [6.07, 6.45) is 1.99. The van der Waals surface area contributed by atoms with Gasteiger partial charge in [-0.3, -0.25) is 19.2 Å². The van der Waals surface area contributed by atoms with Gasteiger partial charge in [0.15, 0.2) is 23.1 Å². The van der Waals surface area contributed by atoms with Gasteiger partial charge in [-0.1, -0.05) is 55.3 Å². The fourth-order valence-electron chi connectivity index (χ4n) is 8.09. The number of carbonyl (C=O) groups is 4. The molecular weight excluding hydrogens is 472 g/mol. The van der Waals surface area contributed by atoms with E-state index in [2.05, 4.69) is 19.9 Å². The first kappa shape index (κ1) is 26.2. The van der Waals surface area contributed by atoms with Crippen LogP contribution < -0.4 is 0 Å². The summed E-state index contributed by atoms with van der Waals surface area (Å²) in [7, 11) is 0. The Bertz CT molecular complexity index is 1550. The first-order valence-corrected chi connectivity index (χ1v) is 13.4. The lowest BCUT2D eigenvalue weighted by Crippen LogP contribution is -2.57. The van der Waals surface area contributed by atoms with Crippen molar-refractivity contribution in [2.24, 2.45) is 16.2 Å². The SMILES string of the molecule is CC(=O)C1=C(C)CC2(C)CC3(C)Cc4c(-c5cccc(C(C)=O)c5)ccc(C)c4C(=O)C3=C(C)C2(C)C1=O. The molecule has 0 N–H and O–H groups in total. The molecule has 3 aliphatic carbocycles. The number of benzene rings is 2. The molecule has 0 aromatic heterocycles. The summed E-state index contributed by atoms with van der Waals surface area (Å²) < 4.78 is 0. The smallest absolute Gasteiger partial charge is 0.190 e. The summed E-state index contributed by atoms with van der Waals surface area (Å²) in [6.45, 7) is 15.1. The van der Waals surface area contributed by atoms with Gasteiger partial charge >= 0.3 is 0 Å². The van der Waals surface area contributed by atoms with Gasteiger partial charge in [-0.2, -0.15) is 0 Å². The molecule has 0 saturated carbocycles. The average molecular weight is 509 g/mol. The van der Waals surface area contributed by atoms with E-state index in [-0.39, 0.29) is 23.1 Å². The summed E-state index contributed by atoms with van der Waals surface area (Å²) in [6, 6.07) is 11.7. The van der Waals surface area contributed by atoms with E-state index in [4.69, 9.17) is 0 Å². The van der Waals surface area contributed by atoms with Crippen molar-refractivity contribution in [3.63, 3.8) is 0 Å². The van der Waals surface area contributed by atoms with Crippen molar-refractivity contribution in [3.05, 3.63) is 80.9 Å². The molecule has 5 rings (SSSR count). The van der Waals surface area contributed by atoms with E-state index in [1.54, 1.807) is 6.92 Å². The zero-order valence-corrected chi connectivity index (χ0v) is 23.7. The molecule has 0 amide bonds. The average Bonchev–Trinajstić information content (AvgIpc) is 2.81. The molecule has 0 bridgehead atoms. The van der Waals surface area contributed by atoms with Crippen LogP contribution in [0.5, 0.6) is 0 Å². The number of hydrogen-bond donors (Lipinski definition) is 0. The zero-order valence-electron chi connectivity index (χ0n) is 23.7. The van der Waals surface area contributed by atoms with Crippen molar-refractivity contribution in [3.8, 4) is 11.1 Å². The van der Waals surface area contributed by atoms with E-state index in [0.29, 0.717) is 36.0 Å². The van der Waals surface area contributed by atoms with Crippen molar-refractivity contribution in [1.29, 1.82) is 0 Å². The molecule has 0 aliphatic heterocycles. The van der Waals surface area contributed by atoms with E-state index in [1.165, 1.54) is 6.92 Å². The van der Waals surface area contributed by atoms with Crippen LogP contribution in [0, 0.1) is 23.2 Å². The Morgan fingerprint density at radius 3 is 2.18 bits per heavy atom. The van der Waals surface area contributed by atoms with Crippen molar-refractivity contribution < 1.29 is 19.2 Å². The third kappa shape index (κ3) is 3.35. The van der Waals surface area contributed by atoms with E-state index < -0.39 is 16.2 Å². The largest absolute Gasteiger partial charge is 0.295 e. The van der Waals surface area contributed by atoms with Gasteiger partial charge in [-0.05, 0) is 94.5 Å². The van der Waals surface area contributed by atoms with E-state index in [9.17, 15) is 19.2 Å². The van der Waals surface area contributed by atoms with Crippen molar-refractivity contribution in [2.75, 3.05) is 0 Å². The second kappa shape index (κ2) is 8.30. The summed E-state index contributed by atoms with van der Waals surface area (Å²) in [5.74, 6) is -0.351. The Kier molecular flexibility index (Phi) is 5.72. The second-order valence-corrected chi connectivity index (χ2v) is 12.6. The van der Waals surface area contributed by atoms with Crippen LogP contribution in [0.3, 0.4) is 0 Å². The minimum atomic E-state index is -0.920. The number of Topliss-reactive ketones (excluding diaryl/α,β-unsaturated/α-hetero) is 4. The van der Waals surface area contributed by atoms with Crippen LogP contribution in [0.4, 0.5) is 0 Å². The summed E-state index contributed by atoms with van der Waals surface area (Å²) in [5, 5.41) is 0. The van der Waals surface area contributed by atoms with E-state index >= 15 is 0 Å². The first-order valence-electron chi connectivity index (χ1n) is 13.4. The molecule has 0 radical (unpaired) electrons. The second-order valence-electron chi connectivity index (χ2n) is 12.6. The third-order valence-electron chi connectivity index (χ3n) is 9.95. The van der Waals surface area contributed by atoms with Crippen LogP contribution in [-0.2, 0) is 16.0 Å². The van der Waals surface area contributed by atoms with Gasteiger partial charge in [0.1, 0.15) is 0 Å². The highest BCUT2D eigenvalue weighted by Gasteiger charge is 2.63. The maximum absolute atomic E-state index is 14.5. The molecule has 0 fully saturated rings. The molecule has 3 aliphatic rings. The number of rotatable bonds is 3. The van der Waals surface area contributed by atoms with E-state index in [1.807, 2.05) is 58.0 Å². The Balaban J connectivity index is 1.76. The number of fused-ring (bicyclic) bond motifs is 3. The van der Waals surface area contributed by atoms with Gasteiger partial charge in [0.25, 0.3) is 0 Å². The molecular formula is C34H36O4. The molecule has 2 aromatic carbocycles. The standard InChI is InChI=1S/C34H36O4/c1-18-12-13-25(24-11-9-10-23(14-24)21(4)35)26-16-32(6)17-33(7)15-19(2)27(22(5)36)31(38)34(33,8)20(3)29(32)30(37)28(18)26/h9-14H,15-17H2,1-8H3. The lowest BCUT2D eigenvalue weighted by atomic mass is 9.42. The molecule has 3 unspecified atom stereocenters. The summed E-state index contributed by atoms with van der Waals surface area (Å²) in [5.41, 5.74) is 6.08. The highest BCUT2D eigenvalue weighted by molar-refractivity contribution is 6.24. The first-order chi connectivity index (χ1) is 17.7. The maximum atomic E-state index is 14.5.